The van der Waals surface area contributed by atoms with E-state index in [1.807, 2.05) is 24.3 Å². The summed E-state index contributed by atoms with van der Waals surface area (Å²) in [4.78, 5) is 18.6. The molecule has 0 fully saturated rings. The van der Waals surface area contributed by atoms with Crippen LogP contribution in [-0.2, 0) is 4.84 Å². The molecule has 1 atom stereocenters. The quantitative estimate of drug-likeness (QED) is 0.880. The first-order valence-electron chi connectivity index (χ1n) is 8.18. The monoisotopic (exact) mass is 320 g/mol. The molecule has 0 saturated carbocycles. The van der Waals surface area contributed by atoms with Gasteiger partial charge in [0, 0.05) is 35.6 Å². The lowest BCUT2D eigenvalue weighted by atomic mass is 10.0. The topological polar surface area (TPSA) is 59.4 Å². The SMILES string of the molecule is CCC(CC)C1N=C(c2ccc(C#Cc3ccncc3)nc2)NO1. The average Bonchev–Trinajstić information content (AvgIpc) is 3.12. The third-order valence-corrected chi connectivity index (χ3v) is 4.04. The van der Waals surface area contributed by atoms with Crippen molar-refractivity contribution in [3.05, 3.63) is 59.7 Å². The van der Waals surface area contributed by atoms with Crippen LogP contribution in [0.15, 0.2) is 47.8 Å². The summed E-state index contributed by atoms with van der Waals surface area (Å²) < 4.78 is 0. The Balaban J connectivity index is 1.71. The van der Waals surface area contributed by atoms with Crippen molar-refractivity contribution in [2.24, 2.45) is 10.9 Å². The van der Waals surface area contributed by atoms with Crippen LogP contribution in [0.25, 0.3) is 0 Å². The third kappa shape index (κ3) is 3.79. The Labute approximate surface area is 142 Å². The Kier molecular flexibility index (Phi) is 5.19. The Hall–Kier alpha value is -2.71. The van der Waals surface area contributed by atoms with Crippen LogP contribution in [-0.4, -0.2) is 22.0 Å². The number of nitrogens with zero attached hydrogens (tertiary/aromatic N) is 3. The molecule has 3 heterocycles. The van der Waals surface area contributed by atoms with Gasteiger partial charge >= 0.3 is 0 Å². The zero-order valence-corrected chi connectivity index (χ0v) is 13.9. The van der Waals surface area contributed by atoms with Crippen LogP contribution < -0.4 is 5.48 Å². The summed E-state index contributed by atoms with van der Waals surface area (Å²) in [6, 6.07) is 7.58. The van der Waals surface area contributed by atoms with Gasteiger partial charge in [0.1, 0.15) is 5.69 Å². The Morgan fingerprint density at radius 2 is 1.92 bits per heavy atom. The second-order valence-electron chi connectivity index (χ2n) is 5.58. The second kappa shape index (κ2) is 7.71. The van der Waals surface area contributed by atoms with E-state index in [2.05, 4.69) is 46.1 Å². The lowest BCUT2D eigenvalue weighted by Crippen LogP contribution is -2.23. The summed E-state index contributed by atoms with van der Waals surface area (Å²) in [5.74, 6) is 7.26. The molecule has 0 aliphatic carbocycles. The zero-order valence-electron chi connectivity index (χ0n) is 13.9. The van der Waals surface area contributed by atoms with Gasteiger partial charge in [0.25, 0.3) is 0 Å². The highest BCUT2D eigenvalue weighted by molar-refractivity contribution is 5.98. The molecular formula is C19H20N4O. The van der Waals surface area contributed by atoms with E-state index in [0.717, 1.165) is 29.8 Å². The normalized spacial score (nSPS) is 16.3. The standard InChI is InChI=1S/C19H20N4O/c1-3-15(4-2)19-22-18(23-24-19)16-6-8-17(21-13-16)7-5-14-9-11-20-12-10-14/h6,8-13,15,19H,3-4H2,1-2H3,(H,22,23). The number of aromatic nitrogens is 2. The molecule has 1 aliphatic rings. The summed E-state index contributed by atoms with van der Waals surface area (Å²) >= 11 is 0. The van der Waals surface area contributed by atoms with Crippen molar-refractivity contribution in [1.29, 1.82) is 0 Å². The number of hydroxylamine groups is 1. The Morgan fingerprint density at radius 3 is 2.58 bits per heavy atom. The number of hydrogen-bond donors (Lipinski definition) is 1. The van der Waals surface area contributed by atoms with E-state index in [1.165, 1.54) is 0 Å². The molecule has 0 bridgehead atoms. The van der Waals surface area contributed by atoms with Gasteiger partial charge in [-0.15, -0.1) is 0 Å². The summed E-state index contributed by atoms with van der Waals surface area (Å²) in [6.45, 7) is 4.31. The van der Waals surface area contributed by atoms with Gasteiger partial charge in [0.2, 0.25) is 0 Å². The van der Waals surface area contributed by atoms with Gasteiger partial charge in [-0.2, -0.15) is 0 Å². The smallest absolute Gasteiger partial charge is 0.180 e. The molecule has 24 heavy (non-hydrogen) atoms. The van der Waals surface area contributed by atoms with Crippen LogP contribution in [0.1, 0.15) is 43.5 Å². The predicted molar refractivity (Wildman–Crippen MR) is 93.1 cm³/mol. The molecule has 0 spiro atoms. The van der Waals surface area contributed by atoms with Crippen LogP contribution >= 0.6 is 0 Å². The minimum atomic E-state index is -0.124. The summed E-state index contributed by atoms with van der Waals surface area (Å²) in [5, 5.41) is 0. The van der Waals surface area contributed by atoms with Gasteiger partial charge in [-0.1, -0.05) is 19.8 Å². The molecule has 2 aromatic rings. The summed E-state index contributed by atoms with van der Waals surface area (Å²) in [7, 11) is 0. The molecule has 0 aromatic carbocycles. The number of hydrogen-bond acceptors (Lipinski definition) is 5. The van der Waals surface area contributed by atoms with Crippen LogP contribution in [0, 0.1) is 17.8 Å². The molecule has 0 amide bonds. The van der Waals surface area contributed by atoms with E-state index < -0.39 is 0 Å². The van der Waals surface area contributed by atoms with Gasteiger partial charge in [0.05, 0.1) is 0 Å². The van der Waals surface area contributed by atoms with Gasteiger partial charge in [-0.25, -0.2) is 20.3 Å². The first-order chi connectivity index (χ1) is 11.8. The first kappa shape index (κ1) is 16.2. The minimum Gasteiger partial charge on any atom is -0.265 e. The minimum absolute atomic E-state index is 0.124. The van der Waals surface area contributed by atoms with E-state index in [1.54, 1.807) is 18.6 Å². The van der Waals surface area contributed by atoms with Crippen molar-refractivity contribution >= 4 is 5.84 Å². The zero-order chi connectivity index (χ0) is 16.8. The maximum atomic E-state index is 5.58. The van der Waals surface area contributed by atoms with Crippen LogP contribution in [0.2, 0.25) is 0 Å². The molecule has 1 aliphatic heterocycles. The van der Waals surface area contributed by atoms with Crippen molar-refractivity contribution in [2.45, 2.75) is 32.9 Å². The third-order valence-electron chi connectivity index (χ3n) is 4.04. The molecule has 1 N–H and O–H groups in total. The van der Waals surface area contributed by atoms with E-state index in [-0.39, 0.29) is 6.23 Å². The molecule has 3 rings (SSSR count). The average molecular weight is 320 g/mol. The van der Waals surface area contributed by atoms with E-state index in [4.69, 9.17) is 4.84 Å². The fourth-order valence-electron chi connectivity index (χ4n) is 2.50. The fourth-order valence-corrected chi connectivity index (χ4v) is 2.50. The highest BCUT2D eigenvalue weighted by Gasteiger charge is 2.25. The maximum absolute atomic E-state index is 5.58. The molecule has 5 nitrogen and oxygen atoms in total. The largest absolute Gasteiger partial charge is 0.265 e. The molecule has 2 aromatic heterocycles. The lowest BCUT2D eigenvalue weighted by Gasteiger charge is -2.15. The molecule has 0 saturated heterocycles. The van der Waals surface area contributed by atoms with Crippen molar-refractivity contribution < 1.29 is 4.84 Å². The number of rotatable bonds is 4. The lowest BCUT2D eigenvalue weighted by molar-refractivity contribution is -0.00103. The summed E-state index contributed by atoms with van der Waals surface area (Å²) in [5.41, 5.74) is 5.45. The van der Waals surface area contributed by atoms with Gasteiger partial charge < -0.3 is 0 Å². The molecular weight excluding hydrogens is 300 g/mol. The van der Waals surface area contributed by atoms with E-state index >= 15 is 0 Å². The molecule has 122 valence electrons. The van der Waals surface area contributed by atoms with Crippen molar-refractivity contribution in [3.63, 3.8) is 0 Å². The molecule has 1 unspecified atom stereocenters. The van der Waals surface area contributed by atoms with Gasteiger partial charge in [-0.05, 0) is 43.0 Å². The molecule has 5 heteroatoms. The van der Waals surface area contributed by atoms with Crippen LogP contribution in [0.5, 0.6) is 0 Å². The Bertz CT molecular complexity index is 755. The van der Waals surface area contributed by atoms with E-state index in [0.29, 0.717) is 11.6 Å². The highest BCUT2D eigenvalue weighted by Crippen LogP contribution is 2.20. The fraction of sp³-hybridized carbons (Fsp3) is 0.316. The Morgan fingerprint density at radius 1 is 1.12 bits per heavy atom. The second-order valence-corrected chi connectivity index (χ2v) is 5.58. The first-order valence-corrected chi connectivity index (χ1v) is 8.18. The van der Waals surface area contributed by atoms with Crippen molar-refractivity contribution in [1.82, 2.24) is 15.4 Å². The number of amidine groups is 1. The highest BCUT2D eigenvalue weighted by atomic mass is 16.7. The van der Waals surface area contributed by atoms with E-state index in [9.17, 15) is 0 Å². The number of aliphatic imine (C=N–C) groups is 1. The molecule has 0 radical (unpaired) electrons. The van der Waals surface area contributed by atoms with Crippen LogP contribution in [0.4, 0.5) is 0 Å². The van der Waals surface area contributed by atoms with Crippen molar-refractivity contribution in [2.75, 3.05) is 0 Å². The van der Waals surface area contributed by atoms with Gasteiger partial charge in [0.15, 0.2) is 12.1 Å². The van der Waals surface area contributed by atoms with Crippen LogP contribution in [0.3, 0.4) is 0 Å². The number of nitrogens with one attached hydrogen (secondary N) is 1. The van der Waals surface area contributed by atoms with Gasteiger partial charge in [-0.3, -0.25) is 4.98 Å². The summed E-state index contributed by atoms with van der Waals surface area (Å²) in [6.07, 6.45) is 7.17. The van der Waals surface area contributed by atoms with Crippen molar-refractivity contribution in [3.8, 4) is 11.8 Å². The predicted octanol–water partition coefficient (Wildman–Crippen LogP) is 2.92. The maximum Gasteiger partial charge on any atom is 0.180 e. The number of pyridine rings is 2.